The molecule has 0 aliphatic heterocycles. The van der Waals surface area contributed by atoms with Crippen molar-refractivity contribution in [1.82, 2.24) is 0 Å². The highest BCUT2D eigenvalue weighted by Crippen LogP contribution is 2.22. The van der Waals surface area contributed by atoms with Crippen LogP contribution in [0.3, 0.4) is 0 Å². The first-order valence-corrected chi connectivity index (χ1v) is 4.63. The van der Waals surface area contributed by atoms with Gasteiger partial charge >= 0.3 is 5.97 Å². The number of carbonyl (C=O) groups is 1. The molecule has 0 amide bonds. The average Bonchev–Trinajstić information content (AvgIpc) is 2.09. The van der Waals surface area contributed by atoms with E-state index in [0.717, 1.165) is 11.1 Å². The summed E-state index contributed by atoms with van der Waals surface area (Å²) >= 11 is 5.77. The van der Waals surface area contributed by atoms with Crippen molar-refractivity contribution in [2.45, 2.75) is 12.8 Å². The number of nitrogens with two attached hydrogens (primary N) is 1. The Balaban J connectivity index is 3.10. The second kappa shape index (κ2) is 4.44. The van der Waals surface area contributed by atoms with Gasteiger partial charge < -0.3 is 10.8 Å². The monoisotopic (exact) mass is 213 g/mol. The molecule has 0 saturated heterocycles. The van der Waals surface area contributed by atoms with Crippen LogP contribution in [-0.4, -0.2) is 17.6 Å². The number of aliphatic carboxylic acids is 1. The number of hydrogen-bond acceptors (Lipinski definition) is 2. The van der Waals surface area contributed by atoms with E-state index >= 15 is 0 Å². The maximum absolute atomic E-state index is 10.9. The van der Waals surface area contributed by atoms with E-state index in [1.165, 1.54) is 0 Å². The molecular formula is C10H12ClNO2. The van der Waals surface area contributed by atoms with Crippen molar-refractivity contribution >= 4 is 17.6 Å². The average molecular weight is 214 g/mol. The molecule has 3 nitrogen and oxygen atoms in total. The lowest BCUT2D eigenvalue weighted by molar-refractivity contribution is -0.138. The van der Waals surface area contributed by atoms with Gasteiger partial charge in [-0.1, -0.05) is 17.7 Å². The van der Waals surface area contributed by atoms with E-state index in [-0.39, 0.29) is 6.54 Å². The van der Waals surface area contributed by atoms with Crippen LogP contribution >= 0.6 is 11.6 Å². The maximum atomic E-state index is 10.9. The summed E-state index contributed by atoms with van der Waals surface area (Å²) in [6, 6.07) is 5.13. The second-order valence-electron chi connectivity index (χ2n) is 3.13. The van der Waals surface area contributed by atoms with Gasteiger partial charge in [0, 0.05) is 11.6 Å². The Bertz CT molecular complexity index is 352. The third kappa shape index (κ3) is 2.25. The number of aryl methyl sites for hydroxylation is 1. The SMILES string of the molecule is Cc1cc(Cl)ccc1C(CN)C(=O)O. The highest BCUT2D eigenvalue weighted by molar-refractivity contribution is 6.30. The molecule has 0 heterocycles. The van der Waals surface area contributed by atoms with Gasteiger partial charge in [-0.2, -0.15) is 0 Å². The number of hydrogen-bond donors (Lipinski definition) is 2. The molecule has 1 aromatic rings. The highest BCUT2D eigenvalue weighted by Gasteiger charge is 2.19. The zero-order chi connectivity index (χ0) is 10.7. The van der Waals surface area contributed by atoms with E-state index in [0.29, 0.717) is 5.02 Å². The summed E-state index contributed by atoms with van der Waals surface area (Å²) in [4.78, 5) is 10.9. The molecule has 0 spiro atoms. The molecule has 3 N–H and O–H groups in total. The summed E-state index contributed by atoms with van der Waals surface area (Å²) in [5, 5.41) is 9.51. The zero-order valence-electron chi connectivity index (χ0n) is 7.83. The molecule has 4 heteroatoms. The van der Waals surface area contributed by atoms with Crippen LogP contribution in [0, 0.1) is 6.92 Å². The van der Waals surface area contributed by atoms with Crippen LogP contribution in [0.4, 0.5) is 0 Å². The standard InChI is InChI=1S/C10H12ClNO2/c1-6-4-7(11)2-3-8(6)9(5-12)10(13)14/h2-4,9H,5,12H2,1H3,(H,13,14). The first-order valence-electron chi connectivity index (χ1n) is 4.25. The minimum Gasteiger partial charge on any atom is -0.481 e. The van der Waals surface area contributed by atoms with E-state index in [2.05, 4.69) is 0 Å². The van der Waals surface area contributed by atoms with Crippen molar-refractivity contribution in [3.63, 3.8) is 0 Å². The third-order valence-electron chi connectivity index (χ3n) is 2.14. The fourth-order valence-corrected chi connectivity index (χ4v) is 1.62. The Morgan fingerprint density at radius 3 is 2.71 bits per heavy atom. The van der Waals surface area contributed by atoms with Gasteiger partial charge in [-0.05, 0) is 30.2 Å². The van der Waals surface area contributed by atoms with Gasteiger partial charge in [0.2, 0.25) is 0 Å². The third-order valence-corrected chi connectivity index (χ3v) is 2.38. The van der Waals surface area contributed by atoms with Gasteiger partial charge in [0.15, 0.2) is 0 Å². The lowest BCUT2D eigenvalue weighted by atomic mass is 9.95. The molecular weight excluding hydrogens is 202 g/mol. The molecule has 0 aliphatic rings. The lowest BCUT2D eigenvalue weighted by Gasteiger charge is -2.12. The van der Waals surface area contributed by atoms with Crippen LogP contribution in [0.15, 0.2) is 18.2 Å². The van der Waals surface area contributed by atoms with Gasteiger partial charge in [-0.25, -0.2) is 0 Å². The highest BCUT2D eigenvalue weighted by atomic mass is 35.5. The summed E-state index contributed by atoms with van der Waals surface area (Å²) < 4.78 is 0. The molecule has 0 bridgehead atoms. The van der Waals surface area contributed by atoms with Crippen molar-refractivity contribution < 1.29 is 9.90 Å². The Morgan fingerprint density at radius 2 is 2.29 bits per heavy atom. The summed E-state index contributed by atoms with van der Waals surface area (Å²) in [5.74, 6) is -1.55. The Kier molecular flexibility index (Phi) is 3.49. The minimum atomic E-state index is -0.905. The molecule has 0 saturated carbocycles. The van der Waals surface area contributed by atoms with E-state index in [1.54, 1.807) is 18.2 Å². The molecule has 76 valence electrons. The van der Waals surface area contributed by atoms with Crippen molar-refractivity contribution in [3.8, 4) is 0 Å². The largest absolute Gasteiger partial charge is 0.481 e. The van der Waals surface area contributed by atoms with Gasteiger partial charge in [0.1, 0.15) is 0 Å². The normalized spacial score (nSPS) is 12.5. The zero-order valence-corrected chi connectivity index (χ0v) is 8.58. The Morgan fingerprint density at radius 1 is 1.64 bits per heavy atom. The van der Waals surface area contributed by atoms with Crippen LogP contribution in [0.5, 0.6) is 0 Å². The molecule has 1 rings (SSSR count). The van der Waals surface area contributed by atoms with Gasteiger partial charge in [-0.15, -0.1) is 0 Å². The fourth-order valence-electron chi connectivity index (χ4n) is 1.39. The van der Waals surface area contributed by atoms with Crippen molar-refractivity contribution in [2.75, 3.05) is 6.54 Å². The minimum absolute atomic E-state index is 0.0950. The summed E-state index contributed by atoms with van der Waals surface area (Å²) in [5.41, 5.74) is 6.98. The number of carboxylic acids is 1. The maximum Gasteiger partial charge on any atom is 0.312 e. The number of carboxylic acid groups (broad SMARTS) is 1. The van der Waals surface area contributed by atoms with E-state index in [9.17, 15) is 4.79 Å². The predicted octanol–water partition coefficient (Wildman–Crippen LogP) is 1.78. The van der Waals surface area contributed by atoms with Crippen molar-refractivity contribution in [2.24, 2.45) is 5.73 Å². The summed E-state index contributed by atoms with van der Waals surface area (Å²) in [6.45, 7) is 1.92. The smallest absolute Gasteiger partial charge is 0.312 e. The van der Waals surface area contributed by atoms with Gasteiger partial charge in [-0.3, -0.25) is 4.79 Å². The Hall–Kier alpha value is -1.06. The first kappa shape index (κ1) is 11.0. The van der Waals surface area contributed by atoms with E-state index in [4.69, 9.17) is 22.4 Å². The molecule has 14 heavy (non-hydrogen) atoms. The number of rotatable bonds is 3. The van der Waals surface area contributed by atoms with Crippen LogP contribution < -0.4 is 5.73 Å². The van der Waals surface area contributed by atoms with Crippen molar-refractivity contribution in [1.29, 1.82) is 0 Å². The first-order chi connectivity index (χ1) is 6.56. The Labute approximate surface area is 87.5 Å². The van der Waals surface area contributed by atoms with E-state index < -0.39 is 11.9 Å². The fraction of sp³-hybridized carbons (Fsp3) is 0.300. The number of benzene rings is 1. The predicted molar refractivity (Wildman–Crippen MR) is 55.6 cm³/mol. The number of halogens is 1. The van der Waals surface area contributed by atoms with E-state index in [1.807, 2.05) is 6.92 Å². The molecule has 0 radical (unpaired) electrons. The van der Waals surface area contributed by atoms with Crippen LogP contribution in [0.1, 0.15) is 17.0 Å². The summed E-state index contributed by atoms with van der Waals surface area (Å²) in [6.07, 6.45) is 0. The molecule has 0 aliphatic carbocycles. The molecule has 1 aromatic carbocycles. The topological polar surface area (TPSA) is 63.3 Å². The van der Waals surface area contributed by atoms with Crippen LogP contribution in [-0.2, 0) is 4.79 Å². The van der Waals surface area contributed by atoms with Crippen LogP contribution in [0.2, 0.25) is 5.02 Å². The summed E-state index contributed by atoms with van der Waals surface area (Å²) in [7, 11) is 0. The van der Waals surface area contributed by atoms with Gasteiger partial charge in [0.05, 0.1) is 5.92 Å². The molecule has 1 unspecified atom stereocenters. The molecule has 0 fully saturated rings. The second-order valence-corrected chi connectivity index (χ2v) is 3.56. The molecule has 1 atom stereocenters. The lowest BCUT2D eigenvalue weighted by Crippen LogP contribution is -2.21. The molecule has 0 aromatic heterocycles. The van der Waals surface area contributed by atoms with Crippen molar-refractivity contribution in [3.05, 3.63) is 34.3 Å². The van der Waals surface area contributed by atoms with Gasteiger partial charge in [0.25, 0.3) is 0 Å². The quantitative estimate of drug-likeness (QED) is 0.805. The van der Waals surface area contributed by atoms with Crippen LogP contribution in [0.25, 0.3) is 0 Å².